The molecule has 2 N–H and O–H groups in total. The van der Waals surface area contributed by atoms with Crippen LogP contribution < -0.4 is 5.32 Å². The number of hydrogen-bond acceptors (Lipinski definition) is 4. The summed E-state index contributed by atoms with van der Waals surface area (Å²) in [7, 11) is 0. The fraction of sp³-hybridized carbons (Fsp3) is 0.500. The third-order valence-corrected chi connectivity index (χ3v) is 2.53. The predicted molar refractivity (Wildman–Crippen MR) is 67.0 cm³/mol. The van der Waals surface area contributed by atoms with E-state index < -0.39 is 34.0 Å². The van der Waals surface area contributed by atoms with Gasteiger partial charge in [0.2, 0.25) is 0 Å². The molecule has 0 heterocycles. The van der Waals surface area contributed by atoms with E-state index in [1.54, 1.807) is 0 Å². The van der Waals surface area contributed by atoms with E-state index in [-0.39, 0.29) is 12.5 Å². The van der Waals surface area contributed by atoms with Gasteiger partial charge in [0.05, 0.1) is 11.0 Å². The van der Waals surface area contributed by atoms with Crippen LogP contribution in [0.3, 0.4) is 0 Å². The first-order chi connectivity index (χ1) is 8.82. The van der Waals surface area contributed by atoms with Gasteiger partial charge < -0.3 is 10.4 Å². The summed E-state index contributed by atoms with van der Waals surface area (Å²) in [6, 6.07) is 1.58. The van der Waals surface area contributed by atoms with E-state index in [4.69, 9.17) is 0 Å². The molecule has 0 amide bonds. The molecular weight excluding hydrogens is 258 g/mol. The van der Waals surface area contributed by atoms with Gasteiger partial charge in [-0.3, -0.25) is 10.1 Å². The molecule has 0 fully saturated rings. The number of anilines is 1. The minimum absolute atomic E-state index is 0.0839. The Morgan fingerprint density at radius 3 is 2.58 bits per heavy atom. The molecule has 0 bridgehead atoms. The second-order valence-corrected chi connectivity index (χ2v) is 4.68. The number of nitro groups is 1. The van der Waals surface area contributed by atoms with Crippen LogP contribution in [0.2, 0.25) is 0 Å². The number of aliphatic hydroxyl groups excluding tert-OH is 1. The maximum absolute atomic E-state index is 13.5. The number of rotatable bonds is 6. The minimum atomic E-state index is -1.31. The Balaban J connectivity index is 2.87. The molecule has 0 saturated carbocycles. The molecule has 0 radical (unpaired) electrons. The van der Waals surface area contributed by atoms with E-state index in [1.807, 2.05) is 13.8 Å². The average molecular weight is 274 g/mol. The zero-order chi connectivity index (χ0) is 14.6. The van der Waals surface area contributed by atoms with E-state index in [0.29, 0.717) is 12.5 Å². The lowest BCUT2D eigenvalue weighted by atomic mass is 10.1. The topological polar surface area (TPSA) is 75.4 Å². The van der Waals surface area contributed by atoms with Crippen molar-refractivity contribution in [2.24, 2.45) is 5.92 Å². The first-order valence-corrected chi connectivity index (χ1v) is 5.87. The molecule has 106 valence electrons. The number of aliphatic hydroxyl groups is 1. The van der Waals surface area contributed by atoms with Crippen LogP contribution in [0.1, 0.15) is 20.3 Å². The predicted octanol–water partition coefficient (Wildman–Crippen LogP) is 2.69. The lowest BCUT2D eigenvalue weighted by Crippen LogP contribution is -2.22. The molecule has 1 unspecified atom stereocenters. The van der Waals surface area contributed by atoms with Gasteiger partial charge in [-0.05, 0) is 18.4 Å². The van der Waals surface area contributed by atoms with Gasteiger partial charge in [0, 0.05) is 12.6 Å². The maximum Gasteiger partial charge on any atom is 0.295 e. The van der Waals surface area contributed by atoms with E-state index in [0.717, 1.165) is 6.07 Å². The Hall–Kier alpha value is -1.76. The molecule has 19 heavy (non-hydrogen) atoms. The van der Waals surface area contributed by atoms with Gasteiger partial charge in [-0.25, -0.2) is 8.78 Å². The summed E-state index contributed by atoms with van der Waals surface area (Å²) in [5.74, 6) is -2.26. The highest BCUT2D eigenvalue weighted by Gasteiger charge is 2.22. The van der Waals surface area contributed by atoms with E-state index >= 15 is 0 Å². The summed E-state index contributed by atoms with van der Waals surface area (Å²) in [5.41, 5.74) is -1.09. The van der Waals surface area contributed by atoms with Gasteiger partial charge in [0.1, 0.15) is 0 Å². The van der Waals surface area contributed by atoms with Gasteiger partial charge >= 0.3 is 0 Å². The Kier molecular flexibility index (Phi) is 5.17. The van der Waals surface area contributed by atoms with Crippen LogP contribution in [0.15, 0.2) is 12.1 Å². The molecule has 7 heteroatoms. The van der Waals surface area contributed by atoms with Crippen molar-refractivity contribution < 1.29 is 18.8 Å². The molecule has 0 aromatic heterocycles. The second kappa shape index (κ2) is 6.42. The zero-order valence-electron chi connectivity index (χ0n) is 10.7. The van der Waals surface area contributed by atoms with Crippen LogP contribution in [0.4, 0.5) is 20.2 Å². The number of nitrogens with one attached hydrogen (secondary N) is 1. The summed E-state index contributed by atoms with van der Waals surface area (Å²) in [6.07, 6.45) is -0.333. The Labute approximate surface area is 109 Å². The fourth-order valence-electron chi connectivity index (χ4n) is 1.71. The molecule has 1 rings (SSSR count). The molecule has 0 aliphatic heterocycles. The van der Waals surface area contributed by atoms with Crippen LogP contribution >= 0.6 is 0 Å². The van der Waals surface area contributed by atoms with Gasteiger partial charge in [0.15, 0.2) is 17.3 Å². The highest BCUT2D eigenvalue weighted by Crippen LogP contribution is 2.29. The van der Waals surface area contributed by atoms with Gasteiger partial charge in [-0.15, -0.1) is 0 Å². The van der Waals surface area contributed by atoms with Gasteiger partial charge in [0.25, 0.3) is 5.69 Å². The van der Waals surface area contributed by atoms with Crippen molar-refractivity contribution in [2.45, 2.75) is 26.4 Å². The molecule has 1 aromatic rings. The number of nitro benzene ring substituents is 1. The third-order valence-electron chi connectivity index (χ3n) is 2.53. The number of hydrogen-bond donors (Lipinski definition) is 2. The normalized spacial score (nSPS) is 12.5. The van der Waals surface area contributed by atoms with Crippen molar-refractivity contribution in [1.29, 1.82) is 0 Å². The molecule has 0 aliphatic rings. The van der Waals surface area contributed by atoms with Crippen molar-refractivity contribution in [3.05, 3.63) is 33.9 Å². The summed E-state index contributed by atoms with van der Waals surface area (Å²) in [5, 5.41) is 22.7. The summed E-state index contributed by atoms with van der Waals surface area (Å²) >= 11 is 0. The second-order valence-electron chi connectivity index (χ2n) is 4.68. The van der Waals surface area contributed by atoms with E-state index in [9.17, 15) is 24.0 Å². The molecular formula is C12H16F2N2O3. The highest BCUT2D eigenvalue weighted by atomic mass is 19.2. The van der Waals surface area contributed by atoms with Crippen molar-refractivity contribution in [2.75, 3.05) is 11.9 Å². The number of benzene rings is 1. The summed E-state index contributed by atoms with van der Waals surface area (Å²) < 4.78 is 26.6. The van der Waals surface area contributed by atoms with Crippen LogP contribution in [-0.4, -0.2) is 22.7 Å². The molecule has 1 aromatic carbocycles. The Bertz CT molecular complexity index is 467. The van der Waals surface area contributed by atoms with Crippen molar-refractivity contribution >= 4 is 11.4 Å². The molecule has 0 aliphatic carbocycles. The van der Waals surface area contributed by atoms with Gasteiger partial charge in [-0.1, -0.05) is 13.8 Å². The lowest BCUT2D eigenvalue weighted by molar-refractivity contribution is -0.384. The monoisotopic (exact) mass is 274 g/mol. The van der Waals surface area contributed by atoms with Crippen molar-refractivity contribution in [1.82, 2.24) is 0 Å². The summed E-state index contributed by atoms with van der Waals surface area (Å²) in [6.45, 7) is 3.71. The minimum Gasteiger partial charge on any atom is -0.391 e. The molecule has 0 spiro atoms. The lowest BCUT2D eigenvalue weighted by Gasteiger charge is -2.15. The first-order valence-electron chi connectivity index (χ1n) is 5.87. The number of nitrogens with zero attached hydrogens (tertiary/aromatic N) is 1. The molecule has 0 saturated heterocycles. The summed E-state index contributed by atoms with van der Waals surface area (Å²) in [4.78, 5) is 9.92. The smallest absolute Gasteiger partial charge is 0.295 e. The Morgan fingerprint density at radius 2 is 2.05 bits per heavy atom. The highest BCUT2D eigenvalue weighted by molar-refractivity contribution is 5.62. The van der Waals surface area contributed by atoms with E-state index in [1.165, 1.54) is 0 Å². The SMILES string of the molecule is CC(C)CC(O)CNc1c([N+](=O)[O-])ccc(F)c1F. The third kappa shape index (κ3) is 4.13. The van der Waals surface area contributed by atoms with E-state index in [2.05, 4.69) is 5.32 Å². The largest absolute Gasteiger partial charge is 0.391 e. The zero-order valence-corrected chi connectivity index (χ0v) is 10.7. The molecule has 1 atom stereocenters. The van der Waals surface area contributed by atoms with Crippen molar-refractivity contribution in [3.8, 4) is 0 Å². The van der Waals surface area contributed by atoms with Crippen LogP contribution in [0.5, 0.6) is 0 Å². The fourth-order valence-corrected chi connectivity index (χ4v) is 1.71. The van der Waals surface area contributed by atoms with Gasteiger partial charge in [-0.2, -0.15) is 0 Å². The maximum atomic E-state index is 13.5. The first kappa shape index (κ1) is 15.3. The average Bonchev–Trinajstić information content (AvgIpc) is 2.29. The van der Waals surface area contributed by atoms with Crippen LogP contribution in [0.25, 0.3) is 0 Å². The Morgan fingerprint density at radius 1 is 1.42 bits per heavy atom. The van der Waals surface area contributed by atoms with Crippen LogP contribution in [0, 0.1) is 27.7 Å². The quantitative estimate of drug-likeness (QED) is 0.617. The van der Waals surface area contributed by atoms with Crippen LogP contribution in [-0.2, 0) is 0 Å². The van der Waals surface area contributed by atoms with Crippen molar-refractivity contribution in [3.63, 3.8) is 0 Å². The molecule has 5 nitrogen and oxygen atoms in total. The standard InChI is InChI=1S/C12H16F2N2O3/c1-7(2)5-8(17)6-15-12-10(16(18)19)4-3-9(13)11(12)14/h3-4,7-8,15,17H,5-6H2,1-2H3. The number of halogens is 2.